The summed E-state index contributed by atoms with van der Waals surface area (Å²) in [6, 6.07) is 0. The second-order valence-electron chi connectivity index (χ2n) is 2.75. The quantitative estimate of drug-likeness (QED) is 0.559. The predicted molar refractivity (Wildman–Crippen MR) is 52.5 cm³/mol. The first kappa shape index (κ1) is 11.9. The third-order valence-electron chi connectivity index (χ3n) is 1.18. The van der Waals surface area contributed by atoms with E-state index in [0.29, 0.717) is 6.54 Å². The van der Waals surface area contributed by atoms with Gasteiger partial charge in [-0.1, -0.05) is 15.9 Å². The van der Waals surface area contributed by atoms with Crippen LogP contribution in [0.1, 0.15) is 20.3 Å². The minimum Gasteiger partial charge on any atom is -0.369 e. The van der Waals surface area contributed by atoms with Crippen molar-refractivity contribution in [2.24, 2.45) is 0 Å². The van der Waals surface area contributed by atoms with Gasteiger partial charge in [-0.2, -0.15) is 0 Å². The Morgan fingerprint density at radius 1 is 1.58 bits per heavy atom. The van der Waals surface area contributed by atoms with Gasteiger partial charge in [-0.05, 0) is 20.3 Å². The minimum atomic E-state index is -0.0374. The van der Waals surface area contributed by atoms with Gasteiger partial charge in [0.05, 0.1) is 6.10 Å². The molecule has 0 saturated carbocycles. The molecule has 4 heteroatoms. The number of amides is 1. The number of halogens is 1. The van der Waals surface area contributed by atoms with Gasteiger partial charge in [0.15, 0.2) is 0 Å². The Morgan fingerprint density at radius 3 is 2.75 bits per heavy atom. The van der Waals surface area contributed by atoms with E-state index < -0.39 is 0 Å². The van der Waals surface area contributed by atoms with Crippen molar-refractivity contribution < 1.29 is 9.53 Å². The van der Waals surface area contributed by atoms with Gasteiger partial charge in [0.1, 0.15) is 6.61 Å². The summed E-state index contributed by atoms with van der Waals surface area (Å²) < 4.78 is 5.11. The van der Waals surface area contributed by atoms with Gasteiger partial charge in [-0.25, -0.2) is 0 Å². The molecule has 1 amide bonds. The number of carbonyl (C=O) groups is 1. The van der Waals surface area contributed by atoms with Crippen LogP contribution in [0.2, 0.25) is 0 Å². The van der Waals surface area contributed by atoms with Crippen LogP contribution in [0, 0.1) is 0 Å². The van der Waals surface area contributed by atoms with Crippen molar-refractivity contribution in [1.82, 2.24) is 5.32 Å². The lowest BCUT2D eigenvalue weighted by Gasteiger charge is -2.07. The van der Waals surface area contributed by atoms with E-state index in [1.807, 2.05) is 13.8 Å². The lowest BCUT2D eigenvalue weighted by atomic mass is 10.4. The number of hydrogen-bond donors (Lipinski definition) is 1. The zero-order chi connectivity index (χ0) is 9.40. The SMILES string of the molecule is CC(C)OCC(=O)NCCCBr. The van der Waals surface area contributed by atoms with E-state index in [1.54, 1.807) is 0 Å². The van der Waals surface area contributed by atoms with Crippen molar-refractivity contribution in [3.63, 3.8) is 0 Å². The first-order valence-electron chi connectivity index (χ1n) is 4.11. The number of nitrogens with one attached hydrogen (secondary N) is 1. The van der Waals surface area contributed by atoms with Gasteiger partial charge >= 0.3 is 0 Å². The molecule has 0 heterocycles. The van der Waals surface area contributed by atoms with E-state index in [-0.39, 0.29) is 18.6 Å². The van der Waals surface area contributed by atoms with Gasteiger partial charge < -0.3 is 10.1 Å². The van der Waals surface area contributed by atoms with E-state index in [4.69, 9.17) is 4.74 Å². The fraction of sp³-hybridized carbons (Fsp3) is 0.875. The minimum absolute atomic E-state index is 0.0374. The maximum atomic E-state index is 11.0. The van der Waals surface area contributed by atoms with E-state index in [2.05, 4.69) is 21.2 Å². The molecule has 0 saturated heterocycles. The Bertz CT molecular complexity index is 128. The van der Waals surface area contributed by atoms with Crippen LogP contribution in [-0.4, -0.2) is 30.5 Å². The zero-order valence-corrected chi connectivity index (χ0v) is 9.19. The molecule has 0 aromatic heterocycles. The molecule has 0 radical (unpaired) electrons. The smallest absolute Gasteiger partial charge is 0.246 e. The van der Waals surface area contributed by atoms with E-state index >= 15 is 0 Å². The summed E-state index contributed by atoms with van der Waals surface area (Å²) >= 11 is 3.28. The maximum absolute atomic E-state index is 11.0. The Labute approximate surface area is 82.0 Å². The molecule has 0 aliphatic carbocycles. The van der Waals surface area contributed by atoms with Gasteiger partial charge in [0.2, 0.25) is 5.91 Å². The van der Waals surface area contributed by atoms with Crippen LogP contribution in [0.5, 0.6) is 0 Å². The normalized spacial score (nSPS) is 10.3. The monoisotopic (exact) mass is 237 g/mol. The summed E-state index contributed by atoms with van der Waals surface area (Å²) in [5.74, 6) is -0.0374. The summed E-state index contributed by atoms with van der Waals surface area (Å²) in [5, 5.41) is 3.66. The molecule has 0 bridgehead atoms. The molecule has 0 atom stereocenters. The number of hydrogen-bond acceptors (Lipinski definition) is 2. The second kappa shape index (κ2) is 7.55. The molecule has 12 heavy (non-hydrogen) atoms. The van der Waals surface area contributed by atoms with Crippen molar-refractivity contribution in [1.29, 1.82) is 0 Å². The first-order valence-corrected chi connectivity index (χ1v) is 5.23. The molecule has 1 N–H and O–H groups in total. The Kier molecular flexibility index (Phi) is 7.50. The molecule has 0 unspecified atom stereocenters. The fourth-order valence-corrected chi connectivity index (χ4v) is 0.868. The average molecular weight is 238 g/mol. The molecule has 0 aromatic carbocycles. The molecular formula is C8H16BrNO2. The van der Waals surface area contributed by atoms with Crippen LogP contribution in [0.3, 0.4) is 0 Å². The molecule has 0 rings (SSSR count). The maximum Gasteiger partial charge on any atom is 0.246 e. The summed E-state index contributed by atoms with van der Waals surface area (Å²) in [6.45, 7) is 4.70. The van der Waals surface area contributed by atoms with Gasteiger partial charge in [-0.3, -0.25) is 4.79 Å². The second-order valence-corrected chi connectivity index (χ2v) is 3.55. The molecule has 0 spiro atoms. The van der Waals surface area contributed by atoms with Gasteiger partial charge in [-0.15, -0.1) is 0 Å². The molecule has 3 nitrogen and oxygen atoms in total. The number of ether oxygens (including phenoxy) is 1. The fourth-order valence-electron chi connectivity index (χ4n) is 0.588. The van der Waals surface area contributed by atoms with Crippen LogP contribution in [-0.2, 0) is 9.53 Å². The van der Waals surface area contributed by atoms with Crippen LogP contribution >= 0.6 is 15.9 Å². The Balaban J connectivity index is 3.22. The van der Waals surface area contributed by atoms with E-state index in [0.717, 1.165) is 11.8 Å². The Morgan fingerprint density at radius 2 is 2.25 bits per heavy atom. The summed E-state index contributed by atoms with van der Waals surface area (Å²) in [4.78, 5) is 11.0. The van der Waals surface area contributed by atoms with Crippen LogP contribution in [0.25, 0.3) is 0 Å². The summed E-state index contributed by atoms with van der Waals surface area (Å²) in [6.07, 6.45) is 1.07. The van der Waals surface area contributed by atoms with Crippen molar-refractivity contribution >= 4 is 21.8 Å². The Hall–Kier alpha value is -0.0900. The molecule has 0 aromatic rings. The predicted octanol–water partition coefficient (Wildman–Crippen LogP) is 1.31. The van der Waals surface area contributed by atoms with Crippen LogP contribution in [0.4, 0.5) is 0 Å². The number of alkyl halides is 1. The van der Waals surface area contributed by atoms with Gasteiger partial charge in [0, 0.05) is 11.9 Å². The molecular weight excluding hydrogens is 222 g/mol. The third kappa shape index (κ3) is 8.01. The highest BCUT2D eigenvalue weighted by Crippen LogP contribution is 1.87. The van der Waals surface area contributed by atoms with E-state index in [9.17, 15) is 4.79 Å². The van der Waals surface area contributed by atoms with Crippen LogP contribution < -0.4 is 5.32 Å². The van der Waals surface area contributed by atoms with E-state index in [1.165, 1.54) is 0 Å². The molecule has 0 aliphatic rings. The topological polar surface area (TPSA) is 38.3 Å². The van der Waals surface area contributed by atoms with Crippen molar-refractivity contribution in [2.75, 3.05) is 18.5 Å². The molecule has 72 valence electrons. The lowest BCUT2D eigenvalue weighted by Crippen LogP contribution is -2.29. The van der Waals surface area contributed by atoms with Gasteiger partial charge in [0.25, 0.3) is 0 Å². The lowest BCUT2D eigenvalue weighted by molar-refractivity contribution is -0.127. The molecule has 0 fully saturated rings. The average Bonchev–Trinajstić information content (AvgIpc) is 2.01. The highest BCUT2D eigenvalue weighted by Gasteiger charge is 2.01. The summed E-state index contributed by atoms with van der Waals surface area (Å²) in [7, 11) is 0. The largest absolute Gasteiger partial charge is 0.369 e. The zero-order valence-electron chi connectivity index (χ0n) is 7.60. The van der Waals surface area contributed by atoms with Crippen LogP contribution in [0.15, 0.2) is 0 Å². The highest BCUT2D eigenvalue weighted by atomic mass is 79.9. The standard InChI is InChI=1S/C8H16BrNO2/c1-7(2)12-6-8(11)10-5-3-4-9/h7H,3-6H2,1-2H3,(H,10,11). The molecule has 0 aliphatic heterocycles. The first-order chi connectivity index (χ1) is 5.66. The van der Waals surface area contributed by atoms with Crippen molar-refractivity contribution in [3.05, 3.63) is 0 Å². The number of rotatable bonds is 6. The van der Waals surface area contributed by atoms with Crippen molar-refractivity contribution in [2.45, 2.75) is 26.4 Å². The highest BCUT2D eigenvalue weighted by molar-refractivity contribution is 9.09. The van der Waals surface area contributed by atoms with Crippen molar-refractivity contribution in [3.8, 4) is 0 Å². The summed E-state index contributed by atoms with van der Waals surface area (Å²) in [5.41, 5.74) is 0. The number of carbonyl (C=O) groups excluding carboxylic acids is 1. The third-order valence-corrected chi connectivity index (χ3v) is 1.74.